The Hall–Kier alpha value is -0.980. The van der Waals surface area contributed by atoms with Crippen LogP contribution in [0.5, 0.6) is 0 Å². The Morgan fingerprint density at radius 1 is 1.14 bits per heavy atom. The van der Waals surface area contributed by atoms with Gasteiger partial charge in [0.05, 0.1) is 24.4 Å². The summed E-state index contributed by atoms with van der Waals surface area (Å²) in [5.74, 6) is 2.08. The lowest BCUT2D eigenvalue weighted by atomic mass is 9.60. The minimum atomic E-state index is -0.627. The molecule has 5 nitrogen and oxygen atoms in total. The molecule has 0 amide bonds. The molecule has 0 bridgehead atoms. The quantitative estimate of drug-likeness (QED) is 0.180. The third-order valence-corrected chi connectivity index (χ3v) is 9.23. The molecular weight excluding hydrogens is 452 g/mol. The van der Waals surface area contributed by atoms with Crippen molar-refractivity contribution in [3.63, 3.8) is 0 Å². The molecule has 0 radical (unpaired) electrons. The summed E-state index contributed by atoms with van der Waals surface area (Å²) in [7, 11) is 1.59. The summed E-state index contributed by atoms with van der Waals surface area (Å²) in [4.78, 5) is 0. The number of aliphatic hydroxyl groups excluding tert-OH is 2. The van der Waals surface area contributed by atoms with Crippen LogP contribution in [0.25, 0.3) is 0 Å². The van der Waals surface area contributed by atoms with Gasteiger partial charge in [0.1, 0.15) is 6.79 Å². The summed E-state index contributed by atoms with van der Waals surface area (Å²) in [6.07, 6.45) is 16.5. The fourth-order valence-electron chi connectivity index (χ4n) is 7.39. The van der Waals surface area contributed by atoms with Crippen molar-refractivity contribution < 1.29 is 24.8 Å². The van der Waals surface area contributed by atoms with Gasteiger partial charge < -0.3 is 24.8 Å². The maximum Gasteiger partial charge on any atom is 0.146 e. The van der Waals surface area contributed by atoms with Crippen LogP contribution in [0.15, 0.2) is 34.9 Å². The molecule has 6 atom stereocenters. The minimum absolute atomic E-state index is 0.261. The number of fused-ring (bicyclic) bond motifs is 1. The van der Waals surface area contributed by atoms with Crippen LogP contribution in [0.4, 0.5) is 0 Å². The molecule has 3 aliphatic carbocycles. The van der Waals surface area contributed by atoms with E-state index in [1.165, 1.54) is 38.5 Å². The van der Waals surface area contributed by atoms with Crippen molar-refractivity contribution >= 4 is 0 Å². The van der Waals surface area contributed by atoms with E-state index in [0.717, 1.165) is 29.9 Å². The molecule has 5 heteroatoms. The third kappa shape index (κ3) is 7.77. The summed E-state index contributed by atoms with van der Waals surface area (Å²) in [5, 5.41) is 31.5. The maximum atomic E-state index is 10.7. The van der Waals surface area contributed by atoms with Crippen molar-refractivity contribution in [1.82, 2.24) is 0 Å². The van der Waals surface area contributed by atoms with Gasteiger partial charge in [-0.1, -0.05) is 56.1 Å². The lowest BCUT2D eigenvalue weighted by Crippen LogP contribution is -2.36. The Bertz CT molecular complexity index is 775. The monoisotopic (exact) mass is 504 g/mol. The molecule has 2 unspecified atom stereocenters. The average molecular weight is 505 g/mol. The summed E-state index contributed by atoms with van der Waals surface area (Å²) in [5.41, 5.74) is 3.23. The van der Waals surface area contributed by atoms with Crippen LogP contribution in [-0.2, 0) is 9.47 Å². The van der Waals surface area contributed by atoms with Gasteiger partial charge in [0, 0.05) is 7.11 Å². The molecule has 0 spiro atoms. The van der Waals surface area contributed by atoms with Crippen LogP contribution in [0.1, 0.15) is 98.3 Å². The van der Waals surface area contributed by atoms with E-state index in [1.54, 1.807) is 12.7 Å². The largest absolute Gasteiger partial charge is 0.390 e. The first-order valence-electron chi connectivity index (χ1n) is 14.3. The molecule has 3 aliphatic rings. The smallest absolute Gasteiger partial charge is 0.146 e. The second-order valence-corrected chi connectivity index (χ2v) is 12.6. The average Bonchev–Trinajstić information content (AvgIpc) is 3.15. The first-order valence-corrected chi connectivity index (χ1v) is 14.3. The maximum absolute atomic E-state index is 10.7. The highest BCUT2D eigenvalue weighted by molar-refractivity contribution is 5.30. The van der Waals surface area contributed by atoms with Crippen molar-refractivity contribution in [3.05, 3.63) is 34.9 Å². The molecule has 0 aromatic carbocycles. The van der Waals surface area contributed by atoms with Crippen LogP contribution in [0.2, 0.25) is 0 Å². The normalized spacial score (nSPS) is 33.1. The van der Waals surface area contributed by atoms with Crippen LogP contribution in [0.3, 0.4) is 0 Å². The number of ether oxygens (including phenoxy) is 2. The predicted molar refractivity (Wildman–Crippen MR) is 145 cm³/mol. The van der Waals surface area contributed by atoms with Gasteiger partial charge in [0.2, 0.25) is 0 Å². The molecule has 3 rings (SSSR count). The van der Waals surface area contributed by atoms with Crippen LogP contribution >= 0.6 is 0 Å². The number of methoxy groups -OCH3 is 1. The van der Waals surface area contributed by atoms with Crippen molar-refractivity contribution in [1.29, 1.82) is 0 Å². The zero-order chi connectivity index (χ0) is 26.3. The summed E-state index contributed by atoms with van der Waals surface area (Å²) in [6.45, 7) is 9.57. The molecular formula is C31H52O5. The second-order valence-electron chi connectivity index (χ2n) is 12.6. The highest BCUT2D eigenvalue weighted by Crippen LogP contribution is 2.60. The lowest BCUT2D eigenvalue weighted by Gasteiger charge is -2.44. The second kappa shape index (κ2) is 13.2. The molecule has 206 valence electrons. The van der Waals surface area contributed by atoms with Crippen LogP contribution < -0.4 is 0 Å². The Morgan fingerprint density at radius 2 is 1.86 bits per heavy atom. The van der Waals surface area contributed by atoms with Gasteiger partial charge in [-0.05, 0) is 100 Å². The molecule has 0 aromatic rings. The van der Waals surface area contributed by atoms with Crippen LogP contribution in [0, 0.1) is 23.2 Å². The number of allylic oxidation sites excluding steroid dienone is 3. The summed E-state index contributed by atoms with van der Waals surface area (Å²) in [6, 6.07) is 0. The van der Waals surface area contributed by atoms with Gasteiger partial charge in [-0.15, -0.1) is 0 Å². The minimum Gasteiger partial charge on any atom is -0.390 e. The Balaban J connectivity index is 1.61. The molecule has 0 aliphatic heterocycles. The first-order chi connectivity index (χ1) is 17.0. The highest BCUT2D eigenvalue weighted by Gasteiger charge is 2.50. The fourth-order valence-corrected chi connectivity index (χ4v) is 7.39. The van der Waals surface area contributed by atoms with E-state index >= 15 is 0 Å². The van der Waals surface area contributed by atoms with E-state index in [-0.39, 0.29) is 6.79 Å². The molecule has 0 saturated heterocycles. The standard InChI is InChI=1S/C31H52O5/c1-22(9-6-16-30(2,3)34)26-14-15-27-24(10-7-17-31(26,27)4)13-12-23-19-28(32)25(29(33)20-23)11-8-18-36-21-35-5/h11-13,22,26-29,32-34H,6-10,14-21H2,1-5H3/b23-12?,24-13+,25-11?/t22-,26?,27?,28-,29-,31-/m1/s1. The van der Waals surface area contributed by atoms with Gasteiger partial charge in [-0.25, -0.2) is 0 Å². The zero-order valence-electron chi connectivity index (χ0n) is 23.5. The van der Waals surface area contributed by atoms with Crippen molar-refractivity contribution in [2.75, 3.05) is 20.5 Å². The van der Waals surface area contributed by atoms with Crippen molar-refractivity contribution in [2.45, 2.75) is 116 Å². The molecule has 3 saturated carbocycles. The van der Waals surface area contributed by atoms with Crippen molar-refractivity contribution in [2.24, 2.45) is 23.2 Å². The van der Waals surface area contributed by atoms with E-state index in [9.17, 15) is 15.3 Å². The van der Waals surface area contributed by atoms with Crippen LogP contribution in [-0.4, -0.2) is 53.6 Å². The van der Waals surface area contributed by atoms with E-state index in [4.69, 9.17) is 9.47 Å². The number of rotatable bonds is 11. The topological polar surface area (TPSA) is 79.2 Å². The predicted octanol–water partition coefficient (Wildman–Crippen LogP) is 6.09. The van der Waals surface area contributed by atoms with E-state index in [1.807, 2.05) is 19.9 Å². The Morgan fingerprint density at radius 3 is 2.53 bits per heavy atom. The van der Waals surface area contributed by atoms with Crippen molar-refractivity contribution in [3.8, 4) is 0 Å². The van der Waals surface area contributed by atoms with E-state index in [2.05, 4.69) is 26.0 Å². The molecule has 0 heterocycles. The highest BCUT2D eigenvalue weighted by atomic mass is 16.7. The van der Waals surface area contributed by atoms with Gasteiger partial charge in [0.15, 0.2) is 0 Å². The fraction of sp³-hybridized carbons (Fsp3) is 0.806. The molecule has 36 heavy (non-hydrogen) atoms. The summed E-state index contributed by atoms with van der Waals surface area (Å²) < 4.78 is 10.2. The number of aliphatic hydroxyl groups is 3. The number of hydrogen-bond donors (Lipinski definition) is 3. The van der Waals surface area contributed by atoms with E-state index in [0.29, 0.717) is 43.1 Å². The molecule has 0 aromatic heterocycles. The SMILES string of the molecule is COCOCCC=C1[C@H](O)CC(=C/C=C2\CCC[C@@]3(C)C2CCC3[C@H](C)CCCC(C)(C)O)C[C@H]1O. The van der Waals surface area contributed by atoms with Gasteiger partial charge in [-0.3, -0.25) is 0 Å². The van der Waals surface area contributed by atoms with Gasteiger partial charge >= 0.3 is 0 Å². The molecule has 3 N–H and O–H groups in total. The zero-order valence-corrected chi connectivity index (χ0v) is 23.5. The lowest BCUT2D eigenvalue weighted by molar-refractivity contribution is -0.0287. The Kier molecular flexibility index (Phi) is 10.8. The molecule has 3 fully saturated rings. The summed E-state index contributed by atoms with van der Waals surface area (Å²) >= 11 is 0. The van der Waals surface area contributed by atoms with Gasteiger partial charge in [0.25, 0.3) is 0 Å². The number of hydrogen-bond acceptors (Lipinski definition) is 5. The Labute approximate surface area is 219 Å². The van der Waals surface area contributed by atoms with E-state index < -0.39 is 17.8 Å². The third-order valence-electron chi connectivity index (χ3n) is 9.23. The first kappa shape index (κ1) is 29.6. The van der Waals surface area contributed by atoms with Gasteiger partial charge in [-0.2, -0.15) is 0 Å².